The molecule has 1 aliphatic rings. The Hall–Kier alpha value is -3.73. The van der Waals surface area contributed by atoms with Crippen molar-refractivity contribution in [1.29, 1.82) is 0 Å². The summed E-state index contributed by atoms with van der Waals surface area (Å²) < 4.78 is 5.87. The van der Waals surface area contributed by atoms with E-state index in [9.17, 15) is 14.7 Å². The molecule has 2 aromatic heterocycles. The van der Waals surface area contributed by atoms with Crippen molar-refractivity contribution in [1.82, 2.24) is 15.2 Å². The molecule has 1 unspecified atom stereocenters. The van der Waals surface area contributed by atoms with Gasteiger partial charge < -0.3 is 9.84 Å². The van der Waals surface area contributed by atoms with E-state index in [1.807, 2.05) is 24.3 Å². The van der Waals surface area contributed by atoms with Crippen LogP contribution >= 0.6 is 34.7 Å². The molecule has 1 saturated heterocycles. The van der Waals surface area contributed by atoms with Crippen LogP contribution in [0.5, 0.6) is 5.75 Å². The van der Waals surface area contributed by atoms with E-state index in [0.29, 0.717) is 32.0 Å². The molecule has 0 aliphatic carbocycles. The fourth-order valence-corrected chi connectivity index (χ4v) is 6.06. The van der Waals surface area contributed by atoms with Gasteiger partial charge in [0, 0.05) is 28.7 Å². The summed E-state index contributed by atoms with van der Waals surface area (Å²) in [7, 11) is 1.55. The lowest BCUT2D eigenvalue weighted by atomic mass is 9.95. The smallest absolute Gasteiger partial charge is 0.301 e. The molecule has 5 rings (SSSR count). The van der Waals surface area contributed by atoms with Crippen LogP contribution in [0.2, 0.25) is 5.02 Å². The number of halogens is 1. The van der Waals surface area contributed by atoms with Crippen molar-refractivity contribution in [2.75, 3.05) is 12.0 Å². The van der Waals surface area contributed by atoms with E-state index < -0.39 is 17.7 Å². The first-order valence-corrected chi connectivity index (χ1v) is 13.2. The van der Waals surface area contributed by atoms with Gasteiger partial charge in [-0.05, 0) is 41.5 Å². The van der Waals surface area contributed by atoms with Crippen LogP contribution in [-0.4, -0.2) is 39.1 Å². The molecule has 11 heteroatoms. The Labute approximate surface area is 225 Å². The number of hydrogen-bond donors (Lipinski definition) is 1. The molecule has 8 nitrogen and oxygen atoms in total. The monoisotopic (exact) mass is 550 g/mol. The predicted molar refractivity (Wildman–Crippen MR) is 143 cm³/mol. The third kappa shape index (κ3) is 4.95. The number of hydrogen-bond acceptors (Lipinski definition) is 9. The fraction of sp³-hybridized carbons (Fsp3) is 0.115. The van der Waals surface area contributed by atoms with E-state index in [1.165, 1.54) is 40.4 Å². The summed E-state index contributed by atoms with van der Waals surface area (Å²) in [6.45, 7) is 0. The number of carbonyl (C=O) groups is 2. The van der Waals surface area contributed by atoms with E-state index in [-0.39, 0.29) is 16.5 Å². The lowest BCUT2D eigenvalue weighted by molar-refractivity contribution is -0.132. The van der Waals surface area contributed by atoms with Crippen LogP contribution in [0.3, 0.4) is 0 Å². The van der Waals surface area contributed by atoms with Crippen LogP contribution < -0.4 is 9.64 Å². The number of benzene rings is 2. The molecule has 0 spiro atoms. The molecule has 186 valence electrons. The molecule has 1 amide bonds. The molecule has 3 heterocycles. The molecule has 4 aromatic rings. The number of nitrogens with zero attached hydrogens (tertiary/aromatic N) is 4. The van der Waals surface area contributed by atoms with Crippen molar-refractivity contribution < 1.29 is 19.4 Å². The highest BCUT2D eigenvalue weighted by atomic mass is 35.5. The number of carbonyl (C=O) groups excluding carboxylic acids is 2. The predicted octanol–water partition coefficient (Wildman–Crippen LogP) is 5.51. The van der Waals surface area contributed by atoms with Crippen LogP contribution in [0.15, 0.2) is 83.0 Å². The maximum absolute atomic E-state index is 13.3. The maximum atomic E-state index is 13.3. The van der Waals surface area contributed by atoms with Gasteiger partial charge in [-0.25, -0.2) is 0 Å². The van der Waals surface area contributed by atoms with E-state index in [2.05, 4.69) is 15.2 Å². The van der Waals surface area contributed by atoms with Crippen LogP contribution in [0.25, 0.3) is 5.76 Å². The van der Waals surface area contributed by atoms with Crippen molar-refractivity contribution >= 4 is 57.3 Å². The summed E-state index contributed by atoms with van der Waals surface area (Å²) in [6.07, 6.45) is 3.00. The summed E-state index contributed by atoms with van der Waals surface area (Å²) >= 11 is 8.88. The summed E-state index contributed by atoms with van der Waals surface area (Å²) in [5.41, 5.74) is 1.89. The zero-order valence-electron chi connectivity index (χ0n) is 19.4. The third-order valence-corrected chi connectivity index (χ3v) is 8.21. The molecule has 1 fully saturated rings. The number of Topliss-reactive ketones (excluding diaryl/α,β-unsaturated/α-hetero) is 1. The molecule has 1 aliphatic heterocycles. The Bertz CT molecular complexity index is 1490. The quantitative estimate of drug-likeness (QED) is 0.105. The van der Waals surface area contributed by atoms with Gasteiger partial charge in [0.2, 0.25) is 5.13 Å². The van der Waals surface area contributed by atoms with Crippen LogP contribution in [0, 0.1) is 0 Å². The number of ketones is 1. The van der Waals surface area contributed by atoms with Gasteiger partial charge in [-0.1, -0.05) is 65.0 Å². The molecule has 1 atom stereocenters. The summed E-state index contributed by atoms with van der Waals surface area (Å²) in [5.74, 6) is -0.714. The topological polar surface area (TPSA) is 106 Å². The molecule has 1 N–H and O–H groups in total. The van der Waals surface area contributed by atoms with Crippen molar-refractivity contribution in [3.05, 3.63) is 100 Å². The van der Waals surface area contributed by atoms with Crippen molar-refractivity contribution in [3.63, 3.8) is 0 Å². The van der Waals surface area contributed by atoms with E-state index in [1.54, 1.807) is 43.5 Å². The number of amides is 1. The van der Waals surface area contributed by atoms with Gasteiger partial charge in [-0.3, -0.25) is 19.5 Å². The first-order chi connectivity index (χ1) is 18.0. The molecule has 2 aromatic carbocycles. The molecular formula is C26H19ClN4O4S2. The van der Waals surface area contributed by atoms with E-state index >= 15 is 0 Å². The zero-order valence-corrected chi connectivity index (χ0v) is 21.8. The SMILES string of the molecule is COc1ccc(C2C(=C(O)c3ccncc3)C(=O)C(=O)N2c2nnc(SCc3ccccc3Cl)s2)cc1. The number of methoxy groups -OCH3 is 1. The lowest BCUT2D eigenvalue weighted by Gasteiger charge is -2.22. The van der Waals surface area contributed by atoms with Crippen molar-refractivity contribution in [2.45, 2.75) is 16.1 Å². The highest BCUT2D eigenvalue weighted by molar-refractivity contribution is 8.00. The first kappa shape index (κ1) is 24.9. The van der Waals surface area contributed by atoms with Gasteiger partial charge in [0.15, 0.2) is 4.34 Å². The number of aromatic nitrogens is 3. The number of rotatable bonds is 7. The normalized spacial score (nSPS) is 16.8. The number of anilines is 1. The molecular weight excluding hydrogens is 532 g/mol. The number of aliphatic hydroxyl groups excluding tert-OH is 1. The van der Waals surface area contributed by atoms with Gasteiger partial charge in [-0.15, -0.1) is 10.2 Å². The van der Waals surface area contributed by atoms with Gasteiger partial charge in [-0.2, -0.15) is 0 Å². The highest BCUT2D eigenvalue weighted by Gasteiger charge is 2.48. The van der Waals surface area contributed by atoms with E-state index in [4.69, 9.17) is 16.3 Å². The second-order valence-electron chi connectivity index (χ2n) is 7.91. The fourth-order valence-electron chi connectivity index (χ4n) is 3.91. The average molecular weight is 551 g/mol. The minimum atomic E-state index is -0.909. The highest BCUT2D eigenvalue weighted by Crippen LogP contribution is 2.44. The van der Waals surface area contributed by atoms with E-state index in [0.717, 1.165) is 5.56 Å². The summed E-state index contributed by atoms with van der Waals surface area (Å²) in [5, 5.41) is 20.5. The van der Waals surface area contributed by atoms with Gasteiger partial charge in [0.05, 0.1) is 18.7 Å². The Morgan fingerprint density at radius 3 is 2.51 bits per heavy atom. The number of thioether (sulfide) groups is 1. The Balaban J connectivity index is 1.54. The molecule has 0 saturated carbocycles. The number of ether oxygens (including phenoxy) is 1. The van der Waals surface area contributed by atoms with Crippen LogP contribution in [0.1, 0.15) is 22.7 Å². The van der Waals surface area contributed by atoms with Crippen molar-refractivity contribution in [2.24, 2.45) is 0 Å². The Morgan fingerprint density at radius 1 is 1.08 bits per heavy atom. The Kier molecular flexibility index (Phi) is 7.22. The maximum Gasteiger partial charge on any atom is 0.301 e. The Morgan fingerprint density at radius 2 is 1.81 bits per heavy atom. The van der Waals surface area contributed by atoms with Gasteiger partial charge in [0.1, 0.15) is 11.5 Å². The number of aliphatic hydroxyl groups is 1. The van der Waals surface area contributed by atoms with Crippen LogP contribution in [-0.2, 0) is 15.3 Å². The first-order valence-electron chi connectivity index (χ1n) is 11.0. The van der Waals surface area contributed by atoms with Gasteiger partial charge in [0.25, 0.3) is 5.78 Å². The third-order valence-electron chi connectivity index (χ3n) is 5.74. The second kappa shape index (κ2) is 10.7. The van der Waals surface area contributed by atoms with Gasteiger partial charge >= 0.3 is 5.91 Å². The van der Waals surface area contributed by atoms with Crippen LogP contribution in [0.4, 0.5) is 5.13 Å². The summed E-state index contributed by atoms with van der Waals surface area (Å²) in [6, 6.07) is 16.7. The molecule has 37 heavy (non-hydrogen) atoms. The second-order valence-corrected chi connectivity index (χ2v) is 10.5. The standard InChI is InChI=1S/C26H19ClN4O4S2/c1-35-18-8-6-15(7-9-18)21-20(22(32)16-10-12-28-13-11-16)23(33)24(34)31(21)25-29-30-26(37-25)36-14-17-4-2-3-5-19(17)27/h2-13,21,32H,14H2,1H3. The average Bonchev–Trinajstić information content (AvgIpc) is 3.50. The molecule has 0 bridgehead atoms. The largest absolute Gasteiger partial charge is 0.507 e. The minimum absolute atomic E-state index is 0.0400. The molecule has 0 radical (unpaired) electrons. The summed E-state index contributed by atoms with van der Waals surface area (Å²) in [4.78, 5) is 31.8. The zero-order chi connectivity index (χ0) is 25.9. The minimum Gasteiger partial charge on any atom is -0.507 e. The number of pyridine rings is 1. The van der Waals surface area contributed by atoms with Crippen molar-refractivity contribution in [3.8, 4) is 5.75 Å². The lowest BCUT2D eigenvalue weighted by Crippen LogP contribution is -2.29.